The molecule has 0 spiro atoms. The molecule has 6 rings (SSSR count). The molecule has 4 amide bonds. The van der Waals surface area contributed by atoms with Crippen molar-refractivity contribution in [3.63, 3.8) is 0 Å². The Kier molecular flexibility index (Phi) is 4.71. The van der Waals surface area contributed by atoms with Gasteiger partial charge in [0, 0.05) is 25.0 Å². The van der Waals surface area contributed by atoms with Gasteiger partial charge in [-0.2, -0.15) is 4.98 Å². The third kappa shape index (κ3) is 3.18. The summed E-state index contributed by atoms with van der Waals surface area (Å²) in [7, 11) is 0. The number of imide groups is 2. The molecule has 0 bridgehead atoms. The van der Waals surface area contributed by atoms with Crippen LogP contribution in [0.2, 0.25) is 0 Å². The molecule has 1 saturated heterocycles. The Bertz CT molecular complexity index is 1280. The summed E-state index contributed by atoms with van der Waals surface area (Å²) in [5.74, 6) is -0.553. The fraction of sp³-hybridized carbons (Fsp3) is 0.391. The van der Waals surface area contributed by atoms with E-state index < -0.39 is 29.7 Å². The van der Waals surface area contributed by atoms with Crippen LogP contribution < -0.4 is 10.1 Å². The highest BCUT2D eigenvalue weighted by Crippen LogP contribution is 2.37. The summed E-state index contributed by atoms with van der Waals surface area (Å²) in [4.78, 5) is 57.4. The molecule has 1 aromatic carbocycles. The van der Waals surface area contributed by atoms with Gasteiger partial charge in [0.2, 0.25) is 23.5 Å². The number of nitrogens with zero attached hydrogens (tertiary/aromatic N) is 4. The van der Waals surface area contributed by atoms with Gasteiger partial charge < -0.3 is 14.2 Å². The molecule has 11 nitrogen and oxygen atoms in total. The Balaban J connectivity index is 1.24. The number of carbonyl (C=O) groups excluding carboxylic acids is 4. The van der Waals surface area contributed by atoms with Gasteiger partial charge in [-0.25, -0.2) is 0 Å². The molecule has 2 aromatic rings. The van der Waals surface area contributed by atoms with Gasteiger partial charge in [-0.05, 0) is 30.9 Å². The molecule has 174 valence electrons. The van der Waals surface area contributed by atoms with Crippen LogP contribution in [0.15, 0.2) is 34.0 Å². The van der Waals surface area contributed by atoms with Gasteiger partial charge in [-0.3, -0.25) is 29.4 Å². The number of hydrogen-bond donors (Lipinski definition) is 1. The lowest BCUT2D eigenvalue weighted by molar-refractivity contribution is -0.150. The Labute approximate surface area is 193 Å². The first kappa shape index (κ1) is 20.6. The third-order valence-electron chi connectivity index (χ3n) is 6.63. The zero-order valence-electron chi connectivity index (χ0n) is 18.2. The number of carbonyl (C=O) groups is 4. The second kappa shape index (κ2) is 7.79. The molecule has 4 aliphatic heterocycles. The number of amides is 4. The molecular formula is C23H21N5O6. The molecule has 11 heteroatoms. The molecule has 1 aromatic heterocycles. The summed E-state index contributed by atoms with van der Waals surface area (Å²) in [6, 6.07) is 4.82. The van der Waals surface area contributed by atoms with Gasteiger partial charge in [0.05, 0.1) is 18.7 Å². The number of rotatable bonds is 4. The van der Waals surface area contributed by atoms with Gasteiger partial charge in [-0.1, -0.05) is 17.3 Å². The average Bonchev–Trinajstić information content (AvgIpc) is 3.54. The number of ether oxygens (including phenoxy) is 1. The lowest BCUT2D eigenvalue weighted by atomic mass is 10.0. The molecule has 0 aliphatic carbocycles. The Morgan fingerprint density at radius 1 is 1.09 bits per heavy atom. The molecule has 5 heterocycles. The van der Waals surface area contributed by atoms with Gasteiger partial charge >= 0.3 is 0 Å². The average molecular weight is 463 g/mol. The first-order valence-corrected chi connectivity index (χ1v) is 11.3. The van der Waals surface area contributed by atoms with Crippen molar-refractivity contribution in [1.29, 1.82) is 0 Å². The number of para-hydroxylation sites is 1. The number of fused-ring (bicyclic) bond motifs is 1. The van der Waals surface area contributed by atoms with Gasteiger partial charge in [-0.15, -0.1) is 0 Å². The smallest absolute Gasteiger partial charge is 0.278 e. The number of piperidine rings is 1. The number of benzene rings is 1. The van der Waals surface area contributed by atoms with Crippen molar-refractivity contribution in [2.45, 2.75) is 44.7 Å². The fourth-order valence-corrected chi connectivity index (χ4v) is 5.04. The molecule has 34 heavy (non-hydrogen) atoms. The normalized spacial score (nSPS) is 22.2. The van der Waals surface area contributed by atoms with E-state index >= 15 is 0 Å². The maximum atomic E-state index is 13.3. The van der Waals surface area contributed by atoms with E-state index in [1.54, 1.807) is 4.90 Å². The highest BCUT2D eigenvalue weighted by atomic mass is 16.5. The van der Waals surface area contributed by atoms with Crippen molar-refractivity contribution >= 4 is 23.6 Å². The summed E-state index contributed by atoms with van der Waals surface area (Å²) in [6.07, 6.45) is 2.15. The van der Waals surface area contributed by atoms with E-state index in [9.17, 15) is 19.2 Å². The molecule has 1 N–H and O–H groups in total. The van der Waals surface area contributed by atoms with Crippen LogP contribution in [0.4, 0.5) is 0 Å². The van der Waals surface area contributed by atoms with Crippen LogP contribution in [0.25, 0.3) is 11.4 Å². The lowest BCUT2D eigenvalue weighted by Crippen LogP contribution is -2.55. The zero-order chi connectivity index (χ0) is 23.4. The molecule has 4 aliphatic rings. The van der Waals surface area contributed by atoms with Crippen LogP contribution >= 0.6 is 0 Å². The highest BCUT2D eigenvalue weighted by Gasteiger charge is 2.48. The van der Waals surface area contributed by atoms with Crippen molar-refractivity contribution in [3.05, 3.63) is 40.9 Å². The van der Waals surface area contributed by atoms with E-state index in [2.05, 4.69) is 15.5 Å². The van der Waals surface area contributed by atoms with Gasteiger partial charge in [0.1, 0.15) is 17.5 Å². The second-order valence-corrected chi connectivity index (χ2v) is 8.70. The van der Waals surface area contributed by atoms with Crippen molar-refractivity contribution in [1.82, 2.24) is 25.3 Å². The molecule has 0 radical (unpaired) electrons. The maximum absolute atomic E-state index is 13.3. The molecule has 1 fully saturated rings. The summed E-state index contributed by atoms with van der Waals surface area (Å²) in [5, 5.41) is 6.31. The van der Waals surface area contributed by atoms with Crippen molar-refractivity contribution in [2.24, 2.45) is 0 Å². The number of aromatic nitrogens is 2. The standard InChI is InChI=1S/C23H21N5O6/c29-16-7-6-15(21(30)24-16)28-22(31)13-5-2-9-27(18(13)23(28)32)11-17-25-20(26-34-17)14-4-1-3-12-8-10-33-19(12)14/h1,3-4,15H,2,5-11H2,(H,24,29,30). The monoisotopic (exact) mass is 463 g/mol. The molecule has 0 saturated carbocycles. The van der Waals surface area contributed by atoms with E-state index in [1.807, 2.05) is 18.2 Å². The summed E-state index contributed by atoms with van der Waals surface area (Å²) in [5.41, 5.74) is 2.50. The largest absolute Gasteiger partial charge is 0.492 e. The zero-order valence-corrected chi connectivity index (χ0v) is 18.2. The van der Waals surface area contributed by atoms with Crippen LogP contribution in [-0.4, -0.2) is 62.8 Å². The predicted octanol–water partition coefficient (Wildman–Crippen LogP) is 0.695. The van der Waals surface area contributed by atoms with E-state index in [0.29, 0.717) is 43.3 Å². The van der Waals surface area contributed by atoms with Crippen molar-refractivity contribution < 1.29 is 28.4 Å². The first-order valence-electron chi connectivity index (χ1n) is 11.3. The summed E-state index contributed by atoms with van der Waals surface area (Å²) in [6.45, 7) is 1.30. The number of hydrogen-bond acceptors (Lipinski definition) is 9. The van der Waals surface area contributed by atoms with E-state index in [0.717, 1.165) is 28.2 Å². The van der Waals surface area contributed by atoms with Crippen LogP contribution in [0.5, 0.6) is 5.75 Å². The topological polar surface area (TPSA) is 135 Å². The van der Waals surface area contributed by atoms with Crippen LogP contribution in [-0.2, 0) is 32.1 Å². The predicted molar refractivity (Wildman–Crippen MR) is 114 cm³/mol. The maximum Gasteiger partial charge on any atom is 0.278 e. The van der Waals surface area contributed by atoms with Crippen molar-refractivity contribution in [3.8, 4) is 17.1 Å². The summed E-state index contributed by atoms with van der Waals surface area (Å²) >= 11 is 0. The molecular weight excluding hydrogens is 442 g/mol. The minimum Gasteiger partial charge on any atom is -0.492 e. The van der Waals surface area contributed by atoms with Gasteiger partial charge in [0.25, 0.3) is 11.8 Å². The van der Waals surface area contributed by atoms with E-state index in [4.69, 9.17) is 9.26 Å². The molecule has 1 unspecified atom stereocenters. The SMILES string of the molecule is O=C1CCC(N2C(=O)C3=C(C2=O)N(Cc2nc(-c4cccc5c4OCC5)no2)CCC3)C(=O)N1. The van der Waals surface area contributed by atoms with E-state index in [1.165, 1.54) is 0 Å². The highest BCUT2D eigenvalue weighted by molar-refractivity contribution is 6.21. The van der Waals surface area contributed by atoms with Crippen LogP contribution in [0.3, 0.4) is 0 Å². The molecule has 1 atom stereocenters. The Hall–Kier alpha value is -4.02. The summed E-state index contributed by atoms with van der Waals surface area (Å²) < 4.78 is 11.2. The minimum absolute atomic E-state index is 0.0828. The van der Waals surface area contributed by atoms with Crippen molar-refractivity contribution in [2.75, 3.05) is 13.2 Å². The van der Waals surface area contributed by atoms with Gasteiger partial charge in [0.15, 0.2) is 0 Å². The first-order chi connectivity index (χ1) is 16.5. The number of nitrogens with one attached hydrogen (secondary N) is 1. The Morgan fingerprint density at radius 2 is 1.97 bits per heavy atom. The Morgan fingerprint density at radius 3 is 2.82 bits per heavy atom. The minimum atomic E-state index is -0.986. The fourth-order valence-electron chi connectivity index (χ4n) is 5.04. The van der Waals surface area contributed by atoms with E-state index in [-0.39, 0.29) is 25.1 Å². The van der Waals surface area contributed by atoms with Crippen LogP contribution in [0, 0.1) is 0 Å². The third-order valence-corrected chi connectivity index (χ3v) is 6.63. The lowest BCUT2D eigenvalue weighted by Gasteiger charge is -2.29. The van der Waals surface area contributed by atoms with Crippen LogP contribution in [0.1, 0.15) is 37.1 Å². The quantitative estimate of drug-likeness (QED) is 0.650. The second-order valence-electron chi connectivity index (χ2n) is 8.70.